The van der Waals surface area contributed by atoms with Crippen LogP contribution in [-0.4, -0.2) is 12.6 Å². The summed E-state index contributed by atoms with van der Waals surface area (Å²) in [5.41, 5.74) is 0.647. The highest BCUT2D eigenvalue weighted by Gasteiger charge is 2.32. The van der Waals surface area contributed by atoms with Crippen molar-refractivity contribution in [2.24, 2.45) is 5.92 Å². The molecular formula is C12H15F3N2. The molecule has 2 N–H and O–H groups in total. The Hall–Kier alpha value is -1.39. The predicted octanol–water partition coefficient (Wildman–Crippen LogP) is 3.57. The molecular weight excluding hydrogens is 229 g/mol. The molecule has 94 valence electrons. The minimum absolute atomic E-state index is 0.249. The summed E-state index contributed by atoms with van der Waals surface area (Å²) in [6, 6.07) is 3.99. The highest BCUT2D eigenvalue weighted by molar-refractivity contribution is 5.72. The minimum atomic E-state index is -4.29. The summed E-state index contributed by atoms with van der Waals surface area (Å²) >= 11 is 0. The maximum absolute atomic E-state index is 12.5. The van der Waals surface area contributed by atoms with Gasteiger partial charge in [-0.05, 0) is 24.1 Å². The Kier molecular flexibility index (Phi) is 2.93. The molecule has 1 aliphatic heterocycles. The second-order valence-corrected chi connectivity index (χ2v) is 4.63. The van der Waals surface area contributed by atoms with Crippen molar-refractivity contribution in [2.45, 2.75) is 26.1 Å². The van der Waals surface area contributed by atoms with Crippen LogP contribution in [0.15, 0.2) is 18.2 Å². The molecule has 0 aromatic heterocycles. The largest absolute Gasteiger partial charge is 0.416 e. The Morgan fingerprint density at radius 3 is 2.53 bits per heavy atom. The smallest absolute Gasteiger partial charge is 0.381 e. The maximum Gasteiger partial charge on any atom is 0.416 e. The van der Waals surface area contributed by atoms with E-state index in [1.807, 2.05) is 0 Å². The summed E-state index contributed by atoms with van der Waals surface area (Å²) in [5, 5.41) is 6.29. The van der Waals surface area contributed by atoms with E-state index in [1.165, 1.54) is 6.07 Å². The Labute approximate surface area is 98.2 Å². The molecule has 2 nitrogen and oxygen atoms in total. The van der Waals surface area contributed by atoms with Crippen molar-refractivity contribution in [1.29, 1.82) is 0 Å². The van der Waals surface area contributed by atoms with Gasteiger partial charge in [-0.25, -0.2) is 0 Å². The van der Waals surface area contributed by atoms with Crippen LogP contribution >= 0.6 is 0 Å². The third-order valence-electron chi connectivity index (χ3n) is 3.00. The lowest BCUT2D eigenvalue weighted by molar-refractivity contribution is -0.137. The lowest BCUT2D eigenvalue weighted by Crippen LogP contribution is -2.37. The van der Waals surface area contributed by atoms with Gasteiger partial charge in [-0.15, -0.1) is 0 Å². The van der Waals surface area contributed by atoms with Crippen LogP contribution in [0.5, 0.6) is 0 Å². The summed E-state index contributed by atoms with van der Waals surface area (Å²) in [5.74, 6) is 0.429. The van der Waals surface area contributed by atoms with Gasteiger partial charge in [0, 0.05) is 12.6 Å². The molecule has 0 aliphatic carbocycles. The third-order valence-corrected chi connectivity index (χ3v) is 3.00. The van der Waals surface area contributed by atoms with Crippen LogP contribution in [0.3, 0.4) is 0 Å². The van der Waals surface area contributed by atoms with Crippen molar-refractivity contribution in [1.82, 2.24) is 0 Å². The predicted molar refractivity (Wildman–Crippen MR) is 62.2 cm³/mol. The Morgan fingerprint density at radius 1 is 1.24 bits per heavy atom. The lowest BCUT2D eigenvalue weighted by atomic mass is 10.0. The SMILES string of the molecule is CC(C)C1CNc2cc(C(F)(F)F)ccc2N1. The van der Waals surface area contributed by atoms with Gasteiger partial charge >= 0.3 is 6.18 Å². The summed E-state index contributed by atoms with van der Waals surface area (Å²) in [6.07, 6.45) is -4.29. The fourth-order valence-corrected chi connectivity index (χ4v) is 1.87. The number of hydrogen-bond acceptors (Lipinski definition) is 2. The van der Waals surface area contributed by atoms with Crippen molar-refractivity contribution in [3.05, 3.63) is 23.8 Å². The molecule has 1 heterocycles. The van der Waals surface area contributed by atoms with Gasteiger partial charge in [-0.2, -0.15) is 13.2 Å². The number of nitrogens with one attached hydrogen (secondary N) is 2. The fourth-order valence-electron chi connectivity index (χ4n) is 1.87. The van der Waals surface area contributed by atoms with E-state index >= 15 is 0 Å². The summed E-state index contributed by atoms with van der Waals surface area (Å²) in [7, 11) is 0. The molecule has 0 fully saturated rings. The van der Waals surface area contributed by atoms with Gasteiger partial charge in [0.1, 0.15) is 0 Å². The van der Waals surface area contributed by atoms with Gasteiger partial charge in [-0.3, -0.25) is 0 Å². The molecule has 2 rings (SSSR count). The van der Waals surface area contributed by atoms with Crippen LogP contribution in [0, 0.1) is 5.92 Å². The molecule has 17 heavy (non-hydrogen) atoms. The standard InChI is InChI=1S/C12H15F3N2/c1-7(2)11-6-16-10-5-8(12(13,14)15)3-4-9(10)17-11/h3-5,7,11,16-17H,6H2,1-2H3. The first-order chi connectivity index (χ1) is 7.88. The average molecular weight is 244 g/mol. The van der Waals surface area contributed by atoms with E-state index in [9.17, 15) is 13.2 Å². The summed E-state index contributed by atoms with van der Waals surface area (Å²) in [6.45, 7) is 4.80. The van der Waals surface area contributed by atoms with Gasteiger partial charge in [-0.1, -0.05) is 13.8 Å². The Balaban J connectivity index is 2.26. The van der Waals surface area contributed by atoms with Gasteiger partial charge in [0.15, 0.2) is 0 Å². The highest BCUT2D eigenvalue weighted by atomic mass is 19.4. The topological polar surface area (TPSA) is 24.1 Å². The molecule has 1 atom stereocenters. The van der Waals surface area contributed by atoms with Gasteiger partial charge in [0.25, 0.3) is 0 Å². The fraction of sp³-hybridized carbons (Fsp3) is 0.500. The van der Waals surface area contributed by atoms with Crippen LogP contribution in [0.1, 0.15) is 19.4 Å². The van der Waals surface area contributed by atoms with Crippen molar-refractivity contribution in [2.75, 3.05) is 17.2 Å². The summed E-state index contributed by atoms with van der Waals surface area (Å²) < 4.78 is 37.5. The number of hydrogen-bond donors (Lipinski definition) is 2. The van der Waals surface area contributed by atoms with Crippen molar-refractivity contribution in [3.63, 3.8) is 0 Å². The third kappa shape index (κ3) is 2.48. The number of benzene rings is 1. The highest BCUT2D eigenvalue weighted by Crippen LogP contribution is 2.35. The molecule has 0 radical (unpaired) electrons. The van der Waals surface area contributed by atoms with E-state index in [0.717, 1.165) is 17.8 Å². The van der Waals surface area contributed by atoms with Gasteiger partial charge in [0.2, 0.25) is 0 Å². The molecule has 0 spiro atoms. The van der Waals surface area contributed by atoms with E-state index in [2.05, 4.69) is 24.5 Å². The lowest BCUT2D eigenvalue weighted by Gasteiger charge is -2.31. The number of anilines is 2. The number of fused-ring (bicyclic) bond motifs is 1. The number of halogens is 3. The van der Waals surface area contributed by atoms with Crippen LogP contribution in [0.25, 0.3) is 0 Å². The molecule has 1 aromatic carbocycles. The van der Waals surface area contributed by atoms with Crippen LogP contribution < -0.4 is 10.6 Å². The zero-order valence-corrected chi connectivity index (χ0v) is 9.73. The van der Waals surface area contributed by atoms with Gasteiger partial charge < -0.3 is 10.6 Å². The van der Waals surface area contributed by atoms with Crippen LogP contribution in [-0.2, 0) is 6.18 Å². The molecule has 5 heteroatoms. The molecule has 0 amide bonds. The first kappa shape index (κ1) is 12.1. The zero-order chi connectivity index (χ0) is 12.6. The molecule has 0 saturated heterocycles. The van der Waals surface area contributed by atoms with Gasteiger partial charge in [0.05, 0.1) is 16.9 Å². The van der Waals surface area contributed by atoms with E-state index in [-0.39, 0.29) is 6.04 Å². The monoisotopic (exact) mass is 244 g/mol. The molecule has 1 aromatic rings. The average Bonchev–Trinajstić information content (AvgIpc) is 2.26. The van der Waals surface area contributed by atoms with E-state index in [1.54, 1.807) is 0 Å². The Morgan fingerprint density at radius 2 is 1.94 bits per heavy atom. The minimum Gasteiger partial charge on any atom is -0.381 e. The molecule has 0 bridgehead atoms. The van der Waals surface area contributed by atoms with Crippen LogP contribution in [0.4, 0.5) is 24.5 Å². The van der Waals surface area contributed by atoms with Crippen molar-refractivity contribution >= 4 is 11.4 Å². The number of rotatable bonds is 1. The molecule has 1 unspecified atom stereocenters. The number of alkyl halides is 3. The normalized spacial score (nSPS) is 19.5. The van der Waals surface area contributed by atoms with E-state index in [0.29, 0.717) is 18.2 Å². The van der Waals surface area contributed by atoms with E-state index in [4.69, 9.17) is 0 Å². The molecule has 1 aliphatic rings. The first-order valence-electron chi connectivity index (χ1n) is 5.59. The second kappa shape index (κ2) is 4.13. The quantitative estimate of drug-likeness (QED) is 0.789. The summed E-state index contributed by atoms with van der Waals surface area (Å²) in [4.78, 5) is 0. The second-order valence-electron chi connectivity index (χ2n) is 4.63. The van der Waals surface area contributed by atoms with Crippen molar-refractivity contribution < 1.29 is 13.2 Å². The zero-order valence-electron chi connectivity index (χ0n) is 9.73. The Bertz CT molecular complexity index is 413. The molecule has 0 saturated carbocycles. The van der Waals surface area contributed by atoms with E-state index < -0.39 is 11.7 Å². The van der Waals surface area contributed by atoms with Crippen molar-refractivity contribution in [3.8, 4) is 0 Å². The first-order valence-corrected chi connectivity index (χ1v) is 5.59. The maximum atomic E-state index is 12.5. The van der Waals surface area contributed by atoms with Crippen LogP contribution in [0.2, 0.25) is 0 Å².